The molecule has 0 saturated carbocycles. The predicted octanol–water partition coefficient (Wildman–Crippen LogP) is 3.96. The molecule has 11 nitrogen and oxygen atoms in total. The maximum absolute atomic E-state index is 14.2. The number of halogens is 1. The smallest absolute Gasteiger partial charge is 0.332 e. The summed E-state index contributed by atoms with van der Waals surface area (Å²) in [5.74, 6) is -4.44. The molecule has 3 aromatic carbocycles. The topological polar surface area (TPSA) is 160 Å². The van der Waals surface area contributed by atoms with Gasteiger partial charge in [-0.1, -0.05) is 54.1 Å². The minimum Gasteiger partial charge on any atom is -0.481 e. The highest BCUT2D eigenvalue weighted by molar-refractivity contribution is 6.30. The van der Waals surface area contributed by atoms with E-state index in [9.17, 15) is 29.1 Å². The second-order valence-corrected chi connectivity index (χ2v) is 10.5. The molecule has 42 heavy (non-hydrogen) atoms. The molecule has 4 amide bonds. The molecule has 3 unspecified atom stereocenters. The summed E-state index contributed by atoms with van der Waals surface area (Å²) in [4.78, 5) is 70.0. The van der Waals surface area contributed by atoms with Crippen LogP contribution in [0, 0.1) is 0 Å². The van der Waals surface area contributed by atoms with E-state index >= 15 is 0 Å². The fourth-order valence-corrected chi connectivity index (χ4v) is 5.99. The van der Waals surface area contributed by atoms with Gasteiger partial charge in [-0.2, -0.15) is 0 Å². The number of fused-ring (bicyclic) bond motifs is 4. The first-order chi connectivity index (χ1) is 20.2. The molecule has 3 atom stereocenters. The van der Waals surface area contributed by atoms with Crippen LogP contribution >= 0.6 is 11.6 Å². The van der Waals surface area contributed by atoms with Crippen molar-refractivity contribution in [2.75, 3.05) is 4.90 Å². The molecule has 1 aromatic heterocycles. The van der Waals surface area contributed by atoms with Crippen LogP contribution in [0.1, 0.15) is 39.6 Å². The van der Waals surface area contributed by atoms with Crippen LogP contribution in [0.2, 0.25) is 5.02 Å². The Labute approximate surface area is 243 Å². The Balaban J connectivity index is 1.43. The highest BCUT2D eigenvalue weighted by Crippen LogP contribution is 2.45. The lowest BCUT2D eigenvalue weighted by atomic mass is 9.89. The SMILES string of the molecule is O=C(O)CC(NC(=O)c1ccccc1N1C(=O)C2Cc3c([nH]c4ccccc34)C(c3cccc(Cl)c3)N2C1=O)C(=O)O. The number of benzene rings is 3. The molecule has 212 valence electrons. The maximum atomic E-state index is 14.2. The number of aromatic nitrogens is 1. The van der Waals surface area contributed by atoms with Crippen LogP contribution in [0.25, 0.3) is 10.9 Å². The average molecular weight is 587 g/mol. The van der Waals surface area contributed by atoms with Gasteiger partial charge in [-0.25, -0.2) is 14.5 Å². The number of hydrogen-bond acceptors (Lipinski definition) is 5. The summed E-state index contributed by atoms with van der Waals surface area (Å²) in [5.41, 5.74) is 3.00. The number of urea groups is 1. The minimum atomic E-state index is -1.72. The van der Waals surface area contributed by atoms with Gasteiger partial charge in [0.1, 0.15) is 18.1 Å². The lowest BCUT2D eigenvalue weighted by Gasteiger charge is -2.36. The van der Waals surface area contributed by atoms with Gasteiger partial charge in [0.05, 0.1) is 17.7 Å². The number of carboxylic acids is 2. The molecular weight excluding hydrogens is 564 g/mol. The third kappa shape index (κ3) is 4.44. The largest absolute Gasteiger partial charge is 0.481 e. The van der Waals surface area contributed by atoms with E-state index in [4.69, 9.17) is 16.7 Å². The molecule has 2 aliphatic heterocycles. The normalized spacial score (nSPS) is 18.5. The number of aromatic amines is 1. The third-order valence-electron chi connectivity index (χ3n) is 7.59. The van der Waals surface area contributed by atoms with E-state index in [1.165, 1.54) is 23.1 Å². The number of hydrogen-bond donors (Lipinski definition) is 4. The molecule has 12 heteroatoms. The van der Waals surface area contributed by atoms with Gasteiger partial charge < -0.3 is 20.5 Å². The molecule has 0 aliphatic carbocycles. The number of aliphatic carboxylic acids is 2. The van der Waals surface area contributed by atoms with Crippen LogP contribution in [-0.4, -0.2) is 62.0 Å². The molecule has 2 aliphatic rings. The molecule has 0 bridgehead atoms. The second kappa shape index (κ2) is 10.3. The van der Waals surface area contributed by atoms with Gasteiger partial charge in [-0.05, 0) is 41.5 Å². The molecule has 1 saturated heterocycles. The fourth-order valence-electron chi connectivity index (χ4n) is 5.79. The first-order valence-corrected chi connectivity index (χ1v) is 13.4. The van der Waals surface area contributed by atoms with Crippen LogP contribution in [0.3, 0.4) is 0 Å². The monoisotopic (exact) mass is 586 g/mol. The molecule has 0 spiro atoms. The van der Waals surface area contributed by atoms with Crippen molar-refractivity contribution in [3.8, 4) is 0 Å². The van der Waals surface area contributed by atoms with Crippen molar-refractivity contribution in [2.24, 2.45) is 0 Å². The van der Waals surface area contributed by atoms with Crippen molar-refractivity contribution in [1.29, 1.82) is 0 Å². The van der Waals surface area contributed by atoms with Gasteiger partial charge in [0.2, 0.25) is 0 Å². The Kier molecular flexibility index (Phi) is 6.66. The average Bonchev–Trinajstić information content (AvgIpc) is 3.45. The van der Waals surface area contributed by atoms with E-state index in [1.54, 1.807) is 24.3 Å². The molecule has 1 fully saturated rings. The summed E-state index contributed by atoms with van der Waals surface area (Å²) in [6.07, 6.45) is -0.626. The Morgan fingerprint density at radius 2 is 1.74 bits per heavy atom. The Bertz CT molecular complexity index is 1800. The van der Waals surface area contributed by atoms with Crippen LogP contribution in [0.4, 0.5) is 10.5 Å². The molecule has 4 aromatic rings. The van der Waals surface area contributed by atoms with Crippen LogP contribution < -0.4 is 10.2 Å². The summed E-state index contributed by atoms with van der Waals surface area (Å²) in [6, 6.07) is 16.5. The van der Waals surface area contributed by atoms with E-state index in [1.807, 2.05) is 30.3 Å². The minimum absolute atomic E-state index is 0.0442. The number of carbonyl (C=O) groups excluding carboxylic acids is 3. The summed E-state index contributed by atoms with van der Waals surface area (Å²) in [7, 11) is 0. The number of nitrogens with zero attached hydrogens (tertiary/aromatic N) is 2. The van der Waals surface area contributed by atoms with Crippen molar-refractivity contribution in [2.45, 2.75) is 31.0 Å². The first kappa shape index (κ1) is 27.0. The molecule has 0 radical (unpaired) electrons. The lowest BCUT2D eigenvalue weighted by Crippen LogP contribution is -2.44. The molecule has 3 heterocycles. The van der Waals surface area contributed by atoms with Crippen molar-refractivity contribution >= 4 is 58.0 Å². The number of nitrogens with one attached hydrogen (secondary N) is 2. The fraction of sp³-hybridized carbons (Fsp3) is 0.167. The van der Waals surface area contributed by atoms with E-state index < -0.39 is 54.3 Å². The van der Waals surface area contributed by atoms with Crippen molar-refractivity contribution in [3.05, 3.63) is 100 Å². The Hall–Kier alpha value is -5.16. The summed E-state index contributed by atoms with van der Waals surface area (Å²) < 4.78 is 0. The van der Waals surface area contributed by atoms with E-state index in [0.29, 0.717) is 10.6 Å². The molecule has 6 rings (SSSR count). The maximum Gasteiger partial charge on any atom is 0.332 e. The van der Waals surface area contributed by atoms with Gasteiger partial charge in [0.15, 0.2) is 0 Å². The number of H-pyrrole nitrogens is 1. The van der Waals surface area contributed by atoms with Crippen LogP contribution in [0.15, 0.2) is 72.8 Å². The summed E-state index contributed by atoms with van der Waals surface area (Å²) >= 11 is 6.34. The number of rotatable bonds is 7. The van der Waals surface area contributed by atoms with Crippen LogP contribution in [-0.2, 0) is 20.8 Å². The van der Waals surface area contributed by atoms with Crippen molar-refractivity contribution < 1.29 is 34.2 Å². The Morgan fingerprint density at radius 3 is 2.48 bits per heavy atom. The van der Waals surface area contributed by atoms with E-state index in [0.717, 1.165) is 27.1 Å². The number of anilines is 1. The Morgan fingerprint density at radius 1 is 1.00 bits per heavy atom. The van der Waals surface area contributed by atoms with Gasteiger partial charge >= 0.3 is 18.0 Å². The number of carbonyl (C=O) groups is 5. The standard InChI is InChI=1S/C30H23ClN4O7/c31-16-7-5-6-15(12-16)26-25-19(17-8-1-3-10-20(17)32-25)13-23-28(39)35(30(42)34(23)26)22-11-4-2-9-18(22)27(38)33-21(29(40)41)14-24(36)37/h1-12,21,23,26,32H,13-14H2,(H,33,38)(H,36,37)(H,40,41). The quantitative estimate of drug-likeness (QED) is 0.238. The zero-order chi connectivity index (χ0) is 29.7. The van der Waals surface area contributed by atoms with Crippen molar-refractivity contribution in [3.63, 3.8) is 0 Å². The summed E-state index contributed by atoms with van der Waals surface area (Å²) in [6.45, 7) is 0. The number of imide groups is 1. The van der Waals surface area contributed by atoms with Gasteiger partial charge in [0.25, 0.3) is 11.8 Å². The highest BCUT2D eigenvalue weighted by Gasteiger charge is 2.53. The summed E-state index contributed by atoms with van der Waals surface area (Å²) in [5, 5.41) is 22.0. The highest BCUT2D eigenvalue weighted by atomic mass is 35.5. The second-order valence-electron chi connectivity index (χ2n) is 10.1. The lowest BCUT2D eigenvalue weighted by molar-refractivity contribution is -0.145. The van der Waals surface area contributed by atoms with Crippen molar-refractivity contribution in [1.82, 2.24) is 15.2 Å². The number of carboxylic acid groups (broad SMARTS) is 2. The van der Waals surface area contributed by atoms with Gasteiger partial charge in [-0.15, -0.1) is 0 Å². The number of amides is 4. The first-order valence-electron chi connectivity index (χ1n) is 13.0. The van der Waals surface area contributed by atoms with E-state index in [2.05, 4.69) is 10.3 Å². The molecule has 4 N–H and O–H groups in total. The predicted molar refractivity (Wildman–Crippen MR) is 151 cm³/mol. The van der Waals surface area contributed by atoms with Gasteiger partial charge in [0, 0.05) is 28.0 Å². The zero-order valence-electron chi connectivity index (χ0n) is 21.8. The van der Waals surface area contributed by atoms with E-state index in [-0.39, 0.29) is 17.7 Å². The number of para-hydroxylation sites is 2. The molecular formula is C30H23ClN4O7. The third-order valence-corrected chi connectivity index (χ3v) is 7.82. The zero-order valence-corrected chi connectivity index (χ0v) is 22.5. The van der Waals surface area contributed by atoms with Crippen LogP contribution in [0.5, 0.6) is 0 Å². The van der Waals surface area contributed by atoms with Gasteiger partial charge in [-0.3, -0.25) is 19.3 Å².